The SMILES string of the molecule is COc1ccc2c(c1)c(=O)[nH]n2Cc1ccccc1. The molecule has 0 saturated carbocycles. The second-order valence-corrected chi connectivity index (χ2v) is 4.40. The molecule has 0 spiro atoms. The molecule has 4 nitrogen and oxygen atoms in total. The maximum atomic E-state index is 11.9. The minimum absolute atomic E-state index is 0.0927. The molecule has 4 heteroatoms. The highest BCUT2D eigenvalue weighted by molar-refractivity contribution is 5.80. The van der Waals surface area contributed by atoms with Crippen molar-refractivity contribution < 1.29 is 4.74 Å². The van der Waals surface area contributed by atoms with Crippen LogP contribution in [-0.4, -0.2) is 16.9 Å². The average molecular weight is 254 g/mol. The molecule has 96 valence electrons. The average Bonchev–Trinajstić information content (AvgIpc) is 2.76. The van der Waals surface area contributed by atoms with Crippen LogP contribution in [0.15, 0.2) is 53.3 Å². The zero-order valence-corrected chi connectivity index (χ0v) is 10.6. The Hall–Kier alpha value is -2.49. The number of aromatic nitrogens is 2. The highest BCUT2D eigenvalue weighted by Crippen LogP contribution is 2.18. The number of aromatic amines is 1. The Labute approximate surface area is 110 Å². The molecule has 0 aliphatic rings. The smallest absolute Gasteiger partial charge is 0.272 e. The minimum atomic E-state index is -0.0927. The van der Waals surface area contributed by atoms with E-state index in [0.29, 0.717) is 17.7 Å². The molecular weight excluding hydrogens is 240 g/mol. The van der Waals surface area contributed by atoms with Gasteiger partial charge in [0.2, 0.25) is 0 Å². The van der Waals surface area contributed by atoms with E-state index >= 15 is 0 Å². The van der Waals surface area contributed by atoms with E-state index in [1.165, 1.54) is 0 Å². The summed E-state index contributed by atoms with van der Waals surface area (Å²) in [5, 5.41) is 3.51. The summed E-state index contributed by atoms with van der Waals surface area (Å²) in [5.41, 5.74) is 1.94. The Bertz CT molecular complexity index is 757. The molecule has 2 aromatic carbocycles. The molecule has 0 bridgehead atoms. The van der Waals surface area contributed by atoms with Crippen molar-refractivity contribution in [1.29, 1.82) is 0 Å². The third-order valence-corrected chi connectivity index (χ3v) is 3.16. The fourth-order valence-electron chi connectivity index (χ4n) is 2.19. The third kappa shape index (κ3) is 2.12. The van der Waals surface area contributed by atoms with Crippen molar-refractivity contribution in [2.45, 2.75) is 6.54 Å². The van der Waals surface area contributed by atoms with Gasteiger partial charge in [0.05, 0.1) is 24.6 Å². The monoisotopic (exact) mass is 254 g/mol. The molecule has 0 saturated heterocycles. The Balaban J connectivity index is 2.08. The van der Waals surface area contributed by atoms with E-state index in [0.717, 1.165) is 11.1 Å². The molecule has 0 radical (unpaired) electrons. The lowest BCUT2D eigenvalue weighted by atomic mass is 10.2. The van der Waals surface area contributed by atoms with Gasteiger partial charge in [-0.05, 0) is 23.8 Å². The van der Waals surface area contributed by atoms with Crippen LogP contribution < -0.4 is 10.3 Å². The van der Waals surface area contributed by atoms with Gasteiger partial charge in [0.1, 0.15) is 5.75 Å². The van der Waals surface area contributed by atoms with Gasteiger partial charge in [-0.15, -0.1) is 0 Å². The van der Waals surface area contributed by atoms with Crippen LogP contribution in [0.4, 0.5) is 0 Å². The van der Waals surface area contributed by atoms with Crippen molar-refractivity contribution in [2.75, 3.05) is 7.11 Å². The van der Waals surface area contributed by atoms with E-state index in [4.69, 9.17) is 4.74 Å². The first-order chi connectivity index (χ1) is 9.28. The number of hydrogen-bond acceptors (Lipinski definition) is 2. The van der Waals surface area contributed by atoms with Gasteiger partial charge in [-0.25, -0.2) is 0 Å². The maximum absolute atomic E-state index is 11.9. The van der Waals surface area contributed by atoms with Crippen LogP contribution in [0.2, 0.25) is 0 Å². The Morgan fingerprint density at radius 1 is 1.16 bits per heavy atom. The summed E-state index contributed by atoms with van der Waals surface area (Å²) in [7, 11) is 1.59. The first kappa shape index (κ1) is 11.6. The van der Waals surface area contributed by atoms with E-state index in [2.05, 4.69) is 5.10 Å². The molecule has 3 aromatic rings. The second-order valence-electron chi connectivity index (χ2n) is 4.40. The highest BCUT2D eigenvalue weighted by Gasteiger charge is 2.07. The zero-order valence-electron chi connectivity index (χ0n) is 10.6. The minimum Gasteiger partial charge on any atom is -0.497 e. The quantitative estimate of drug-likeness (QED) is 0.780. The van der Waals surface area contributed by atoms with Crippen LogP contribution in [0.3, 0.4) is 0 Å². The number of fused-ring (bicyclic) bond motifs is 1. The van der Waals surface area contributed by atoms with Gasteiger partial charge < -0.3 is 4.74 Å². The maximum Gasteiger partial charge on any atom is 0.272 e. The fourth-order valence-corrected chi connectivity index (χ4v) is 2.19. The van der Waals surface area contributed by atoms with Gasteiger partial charge in [0, 0.05) is 0 Å². The van der Waals surface area contributed by atoms with E-state index in [1.807, 2.05) is 47.1 Å². The largest absolute Gasteiger partial charge is 0.497 e. The number of H-pyrrole nitrogens is 1. The van der Waals surface area contributed by atoms with Gasteiger partial charge in [0.25, 0.3) is 5.56 Å². The summed E-state index contributed by atoms with van der Waals surface area (Å²) in [6, 6.07) is 15.5. The molecule has 3 rings (SSSR count). The summed E-state index contributed by atoms with van der Waals surface area (Å²) >= 11 is 0. The van der Waals surface area contributed by atoms with Gasteiger partial charge >= 0.3 is 0 Å². The molecule has 1 N–H and O–H groups in total. The van der Waals surface area contributed by atoms with E-state index in [1.54, 1.807) is 13.2 Å². The lowest BCUT2D eigenvalue weighted by molar-refractivity contribution is 0.415. The molecular formula is C15H14N2O2. The van der Waals surface area contributed by atoms with E-state index in [9.17, 15) is 4.79 Å². The number of rotatable bonds is 3. The summed E-state index contributed by atoms with van der Waals surface area (Å²) in [6.07, 6.45) is 0. The molecule has 0 aliphatic carbocycles. The normalized spacial score (nSPS) is 10.8. The van der Waals surface area contributed by atoms with Crippen molar-refractivity contribution in [3.63, 3.8) is 0 Å². The molecule has 0 atom stereocenters. The van der Waals surface area contributed by atoms with Gasteiger partial charge in [-0.2, -0.15) is 0 Å². The molecule has 1 heterocycles. The summed E-state index contributed by atoms with van der Waals surface area (Å²) in [6.45, 7) is 0.645. The lowest BCUT2D eigenvalue weighted by Gasteiger charge is -2.05. The van der Waals surface area contributed by atoms with Crippen molar-refractivity contribution >= 4 is 10.9 Å². The summed E-state index contributed by atoms with van der Waals surface area (Å²) < 4.78 is 7.00. The van der Waals surface area contributed by atoms with Gasteiger partial charge in [-0.1, -0.05) is 30.3 Å². The van der Waals surface area contributed by atoms with E-state index < -0.39 is 0 Å². The first-order valence-electron chi connectivity index (χ1n) is 6.08. The van der Waals surface area contributed by atoms with Crippen molar-refractivity contribution in [3.05, 3.63) is 64.4 Å². The van der Waals surface area contributed by atoms with Crippen LogP contribution in [0.1, 0.15) is 5.56 Å². The van der Waals surface area contributed by atoms with Crippen molar-refractivity contribution in [3.8, 4) is 5.75 Å². The molecule has 19 heavy (non-hydrogen) atoms. The Morgan fingerprint density at radius 2 is 1.95 bits per heavy atom. The third-order valence-electron chi connectivity index (χ3n) is 3.16. The number of ether oxygens (including phenoxy) is 1. The molecule has 0 unspecified atom stereocenters. The molecule has 0 fully saturated rings. The van der Waals surface area contributed by atoms with Crippen LogP contribution >= 0.6 is 0 Å². The van der Waals surface area contributed by atoms with Crippen molar-refractivity contribution in [1.82, 2.24) is 9.78 Å². The molecule has 1 aromatic heterocycles. The zero-order chi connectivity index (χ0) is 13.2. The molecule has 0 amide bonds. The standard InChI is InChI=1S/C15H14N2O2/c1-19-12-7-8-14-13(9-12)15(18)16-17(14)10-11-5-3-2-4-6-11/h2-9H,10H2,1H3,(H,16,18). The predicted octanol–water partition coefficient (Wildman–Crippen LogP) is 2.39. The van der Waals surface area contributed by atoms with E-state index in [-0.39, 0.29) is 5.56 Å². The first-order valence-corrected chi connectivity index (χ1v) is 6.08. The van der Waals surface area contributed by atoms with Crippen molar-refractivity contribution in [2.24, 2.45) is 0 Å². The molecule has 0 aliphatic heterocycles. The second kappa shape index (κ2) is 4.65. The predicted molar refractivity (Wildman–Crippen MR) is 74.7 cm³/mol. The topological polar surface area (TPSA) is 47.0 Å². The fraction of sp³-hybridized carbons (Fsp3) is 0.133. The lowest BCUT2D eigenvalue weighted by Crippen LogP contribution is -2.06. The van der Waals surface area contributed by atoms with Crippen LogP contribution in [0.25, 0.3) is 10.9 Å². The van der Waals surface area contributed by atoms with Crippen LogP contribution in [0, 0.1) is 0 Å². The van der Waals surface area contributed by atoms with Gasteiger partial charge in [-0.3, -0.25) is 14.6 Å². The summed E-state index contributed by atoms with van der Waals surface area (Å²) in [5.74, 6) is 0.690. The van der Waals surface area contributed by atoms with Crippen LogP contribution in [-0.2, 0) is 6.54 Å². The number of methoxy groups -OCH3 is 1. The number of nitrogens with zero attached hydrogens (tertiary/aromatic N) is 1. The number of nitrogens with one attached hydrogen (secondary N) is 1. The Morgan fingerprint density at radius 3 is 2.68 bits per heavy atom. The number of hydrogen-bond donors (Lipinski definition) is 1. The highest BCUT2D eigenvalue weighted by atomic mass is 16.5. The Kier molecular flexibility index (Phi) is 2.83. The number of benzene rings is 2. The van der Waals surface area contributed by atoms with Crippen LogP contribution in [0.5, 0.6) is 5.75 Å². The summed E-state index contributed by atoms with van der Waals surface area (Å²) in [4.78, 5) is 11.9. The van der Waals surface area contributed by atoms with Gasteiger partial charge in [0.15, 0.2) is 0 Å².